The Kier molecular flexibility index (Phi) is 5.86. The molecule has 0 saturated carbocycles. The second kappa shape index (κ2) is 8.30. The molecule has 0 spiro atoms. The summed E-state index contributed by atoms with van der Waals surface area (Å²) in [6.07, 6.45) is 7.51. The van der Waals surface area contributed by atoms with E-state index in [0.717, 1.165) is 48.6 Å². The zero-order valence-corrected chi connectivity index (χ0v) is 16.0. The highest BCUT2D eigenvalue weighted by molar-refractivity contribution is 6.03. The van der Waals surface area contributed by atoms with Crippen LogP contribution in [0.2, 0.25) is 0 Å². The molecule has 138 valence electrons. The first-order valence-corrected chi connectivity index (χ1v) is 9.61. The zero-order valence-electron chi connectivity index (χ0n) is 16.0. The van der Waals surface area contributed by atoms with E-state index in [1.807, 2.05) is 6.07 Å². The van der Waals surface area contributed by atoms with Crippen molar-refractivity contribution >= 4 is 17.4 Å². The van der Waals surface area contributed by atoms with Crippen molar-refractivity contribution in [1.82, 2.24) is 9.97 Å². The molecule has 1 amide bonds. The van der Waals surface area contributed by atoms with Crippen molar-refractivity contribution in [1.29, 1.82) is 0 Å². The molecule has 1 unspecified atom stereocenters. The van der Waals surface area contributed by atoms with Gasteiger partial charge in [0.2, 0.25) is 0 Å². The lowest BCUT2D eigenvalue weighted by Gasteiger charge is -2.31. The maximum Gasteiger partial charge on any atom is 0.275 e. The fourth-order valence-corrected chi connectivity index (χ4v) is 3.58. The quantitative estimate of drug-likeness (QED) is 0.880. The molecular weight excluding hydrogens is 324 g/mol. The van der Waals surface area contributed by atoms with Crippen LogP contribution >= 0.6 is 0 Å². The third-order valence-corrected chi connectivity index (χ3v) is 5.09. The number of hydrogen-bond donors (Lipinski definition) is 1. The number of nitrogens with one attached hydrogen (secondary N) is 1. The van der Waals surface area contributed by atoms with Gasteiger partial charge in [-0.05, 0) is 42.7 Å². The van der Waals surface area contributed by atoms with E-state index in [2.05, 4.69) is 53.1 Å². The van der Waals surface area contributed by atoms with Crippen LogP contribution in [0.25, 0.3) is 0 Å². The summed E-state index contributed by atoms with van der Waals surface area (Å²) in [5.74, 6) is 1.33. The van der Waals surface area contributed by atoms with E-state index in [1.54, 1.807) is 12.4 Å². The summed E-state index contributed by atoms with van der Waals surface area (Å²) in [6.45, 7) is 8.47. The van der Waals surface area contributed by atoms with Crippen molar-refractivity contribution in [3.8, 4) is 0 Å². The lowest BCUT2D eigenvalue weighted by molar-refractivity contribution is 0.102. The van der Waals surface area contributed by atoms with Gasteiger partial charge in [-0.3, -0.25) is 4.79 Å². The number of aryl methyl sites for hydroxylation is 2. The van der Waals surface area contributed by atoms with Crippen molar-refractivity contribution < 1.29 is 4.79 Å². The number of rotatable bonds is 5. The lowest BCUT2D eigenvalue weighted by Crippen LogP contribution is -2.35. The minimum absolute atomic E-state index is 0.202. The molecule has 2 heterocycles. The highest BCUT2D eigenvalue weighted by Crippen LogP contribution is 2.24. The molecule has 1 fully saturated rings. The number of benzene rings is 1. The van der Waals surface area contributed by atoms with E-state index < -0.39 is 0 Å². The molecule has 1 aliphatic heterocycles. The van der Waals surface area contributed by atoms with Gasteiger partial charge in [-0.1, -0.05) is 39.0 Å². The van der Waals surface area contributed by atoms with Crippen LogP contribution in [0, 0.1) is 5.92 Å². The Morgan fingerprint density at radius 2 is 1.92 bits per heavy atom. The molecule has 1 atom stereocenters. The molecule has 0 aliphatic carbocycles. The molecule has 1 saturated heterocycles. The number of aromatic nitrogens is 2. The van der Waals surface area contributed by atoms with Crippen LogP contribution in [-0.2, 0) is 12.8 Å². The molecule has 5 nitrogen and oxygen atoms in total. The number of carbonyl (C=O) groups is 1. The molecule has 1 aliphatic rings. The van der Waals surface area contributed by atoms with Crippen LogP contribution in [0.4, 0.5) is 11.5 Å². The van der Waals surface area contributed by atoms with E-state index in [4.69, 9.17) is 0 Å². The predicted molar refractivity (Wildman–Crippen MR) is 106 cm³/mol. The van der Waals surface area contributed by atoms with E-state index in [-0.39, 0.29) is 5.91 Å². The first-order chi connectivity index (χ1) is 12.6. The number of hydrogen-bond acceptors (Lipinski definition) is 4. The van der Waals surface area contributed by atoms with Gasteiger partial charge in [-0.25, -0.2) is 9.97 Å². The first-order valence-electron chi connectivity index (χ1n) is 9.61. The average molecular weight is 352 g/mol. The molecule has 1 aromatic carbocycles. The summed E-state index contributed by atoms with van der Waals surface area (Å²) in [4.78, 5) is 23.8. The molecule has 0 bridgehead atoms. The number of anilines is 2. The van der Waals surface area contributed by atoms with Gasteiger partial charge < -0.3 is 10.2 Å². The summed E-state index contributed by atoms with van der Waals surface area (Å²) >= 11 is 0. The maximum absolute atomic E-state index is 12.7. The van der Waals surface area contributed by atoms with Crippen molar-refractivity contribution in [2.45, 2.75) is 46.5 Å². The van der Waals surface area contributed by atoms with Gasteiger partial charge >= 0.3 is 0 Å². The summed E-state index contributed by atoms with van der Waals surface area (Å²) in [7, 11) is 0. The second-order valence-corrected chi connectivity index (χ2v) is 7.07. The highest BCUT2D eigenvalue weighted by Gasteiger charge is 2.19. The van der Waals surface area contributed by atoms with Crippen LogP contribution in [0.1, 0.15) is 55.2 Å². The van der Waals surface area contributed by atoms with Crippen LogP contribution < -0.4 is 10.2 Å². The third-order valence-electron chi connectivity index (χ3n) is 5.09. The zero-order chi connectivity index (χ0) is 18.5. The fourth-order valence-electron chi connectivity index (χ4n) is 3.58. The summed E-state index contributed by atoms with van der Waals surface area (Å²) < 4.78 is 0. The molecule has 5 heteroatoms. The predicted octanol–water partition coefficient (Wildman–Crippen LogP) is 4.09. The van der Waals surface area contributed by atoms with Gasteiger partial charge in [0.05, 0.1) is 12.4 Å². The molecule has 0 radical (unpaired) electrons. The molecular formula is C21H28N4O. The summed E-state index contributed by atoms with van der Waals surface area (Å²) in [5.41, 5.74) is 3.55. The summed E-state index contributed by atoms with van der Waals surface area (Å²) in [6, 6.07) is 6.16. The largest absolute Gasteiger partial charge is 0.355 e. The van der Waals surface area contributed by atoms with E-state index >= 15 is 0 Å². The third kappa shape index (κ3) is 4.03. The van der Waals surface area contributed by atoms with Crippen LogP contribution in [0.3, 0.4) is 0 Å². The Morgan fingerprint density at radius 1 is 1.19 bits per heavy atom. The van der Waals surface area contributed by atoms with Crippen molar-refractivity contribution in [2.24, 2.45) is 5.92 Å². The van der Waals surface area contributed by atoms with Gasteiger partial charge in [0.25, 0.3) is 5.91 Å². The maximum atomic E-state index is 12.7. The number of amides is 1. The van der Waals surface area contributed by atoms with Gasteiger partial charge in [-0.15, -0.1) is 0 Å². The van der Waals surface area contributed by atoms with Crippen LogP contribution in [0.15, 0.2) is 30.6 Å². The monoisotopic (exact) mass is 352 g/mol. The normalized spacial score (nSPS) is 17.2. The SMILES string of the molecule is CCc1cccc(CC)c1NC(=O)c1cnc(N2CCCC(C)C2)cn1. The Morgan fingerprint density at radius 3 is 2.50 bits per heavy atom. The van der Waals surface area contributed by atoms with Crippen LogP contribution in [-0.4, -0.2) is 29.0 Å². The number of piperidine rings is 1. The first kappa shape index (κ1) is 18.4. The van der Waals surface area contributed by atoms with Gasteiger partial charge in [0, 0.05) is 18.8 Å². The Hall–Kier alpha value is -2.43. The van der Waals surface area contributed by atoms with Crippen molar-refractivity contribution in [3.05, 3.63) is 47.4 Å². The molecule has 1 aromatic heterocycles. The Labute approximate surface area is 155 Å². The number of nitrogens with zero attached hydrogens (tertiary/aromatic N) is 3. The van der Waals surface area contributed by atoms with Crippen molar-refractivity contribution in [2.75, 3.05) is 23.3 Å². The Bertz CT molecular complexity index is 735. The topological polar surface area (TPSA) is 58.1 Å². The minimum atomic E-state index is -0.202. The molecule has 3 rings (SSSR count). The van der Waals surface area contributed by atoms with Crippen molar-refractivity contribution in [3.63, 3.8) is 0 Å². The lowest BCUT2D eigenvalue weighted by atomic mass is 10.0. The molecule has 1 N–H and O–H groups in total. The van der Waals surface area contributed by atoms with E-state index in [1.165, 1.54) is 12.8 Å². The minimum Gasteiger partial charge on any atom is -0.355 e. The van der Waals surface area contributed by atoms with Gasteiger partial charge in [0.1, 0.15) is 11.5 Å². The second-order valence-electron chi connectivity index (χ2n) is 7.07. The number of para-hydroxylation sites is 1. The van der Waals surface area contributed by atoms with E-state index in [9.17, 15) is 4.79 Å². The summed E-state index contributed by atoms with van der Waals surface area (Å²) in [5, 5.41) is 3.05. The van der Waals surface area contributed by atoms with E-state index in [0.29, 0.717) is 11.6 Å². The smallest absolute Gasteiger partial charge is 0.275 e. The van der Waals surface area contributed by atoms with Gasteiger partial charge in [0.15, 0.2) is 0 Å². The highest BCUT2D eigenvalue weighted by atomic mass is 16.1. The fraction of sp³-hybridized carbons (Fsp3) is 0.476. The Balaban J connectivity index is 1.75. The average Bonchev–Trinajstić information content (AvgIpc) is 2.68. The molecule has 2 aromatic rings. The van der Waals surface area contributed by atoms with Gasteiger partial charge in [-0.2, -0.15) is 0 Å². The number of carbonyl (C=O) groups excluding carboxylic acids is 1. The van der Waals surface area contributed by atoms with Crippen LogP contribution in [0.5, 0.6) is 0 Å². The standard InChI is InChI=1S/C21H28N4O/c1-4-16-9-6-10-17(5-2)20(16)24-21(26)18-12-23-19(13-22-18)25-11-7-8-15(3)14-25/h6,9-10,12-13,15H,4-5,7-8,11,14H2,1-3H3,(H,24,26). The molecule has 26 heavy (non-hydrogen) atoms.